The van der Waals surface area contributed by atoms with E-state index in [1.807, 2.05) is 60.7 Å². The lowest BCUT2D eigenvalue weighted by Gasteiger charge is -2.10. The minimum absolute atomic E-state index is 0.0310. The zero-order valence-electron chi connectivity index (χ0n) is 14.3. The van der Waals surface area contributed by atoms with E-state index in [0.717, 1.165) is 28.3 Å². The van der Waals surface area contributed by atoms with Gasteiger partial charge in [0.25, 0.3) is 0 Å². The fourth-order valence-electron chi connectivity index (χ4n) is 2.56. The Kier molecular flexibility index (Phi) is 5.34. The van der Waals surface area contributed by atoms with Crippen molar-refractivity contribution in [2.75, 3.05) is 12.4 Å². The predicted octanol–water partition coefficient (Wildman–Crippen LogP) is 5.13. The Morgan fingerprint density at radius 1 is 0.885 bits per heavy atom. The van der Waals surface area contributed by atoms with E-state index in [1.54, 1.807) is 25.3 Å². The zero-order chi connectivity index (χ0) is 18.4. The third kappa shape index (κ3) is 4.11. The second-order valence-corrected chi connectivity index (χ2v) is 5.72. The summed E-state index contributed by atoms with van der Waals surface area (Å²) in [6.07, 6.45) is 4.39. The van der Waals surface area contributed by atoms with Crippen LogP contribution in [0.1, 0.15) is 21.5 Å². The van der Waals surface area contributed by atoms with Crippen LogP contribution in [0.5, 0.6) is 11.5 Å². The molecule has 0 atom stereocenters. The van der Waals surface area contributed by atoms with Crippen LogP contribution >= 0.6 is 0 Å². The zero-order valence-corrected chi connectivity index (χ0v) is 14.3. The third-order valence-electron chi connectivity index (χ3n) is 3.93. The van der Waals surface area contributed by atoms with Gasteiger partial charge in [0.1, 0.15) is 11.5 Å². The molecule has 0 aliphatic rings. The summed E-state index contributed by atoms with van der Waals surface area (Å²) >= 11 is 0. The summed E-state index contributed by atoms with van der Waals surface area (Å²) in [5.74, 6) is 0.701. The topological polar surface area (TPSA) is 58.6 Å². The number of aromatic hydroxyl groups is 1. The SMILES string of the molecule is COc1cc(Nc2ccccc2)ccc1/C=C/c1ccc(C=O)c(O)c1. The van der Waals surface area contributed by atoms with Crippen molar-refractivity contribution in [3.05, 3.63) is 83.4 Å². The quantitative estimate of drug-likeness (QED) is 0.480. The number of carbonyl (C=O) groups is 1. The summed E-state index contributed by atoms with van der Waals surface area (Å²) in [7, 11) is 1.63. The van der Waals surface area contributed by atoms with E-state index in [1.165, 1.54) is 0 Å². The third-order valence-corrected chi connectivity index (χ3v) is 3.93. The van der Waals surface area contributed by atoms with E-state index in [0.29, 0.717) is 6.29 Å². The number of phenolic OH excluding ortho intramolecular Hbond substituents is 1. The number of para-hydroxylation sites is 1. The molecule has 0 saturated carbocycles. The molecule has 0 spiro atoms. The summed E-state index contributed by atoms with van der Waals surface area (Å²) in [5, 5.41) is 13.1. The van der Waals surface area contributed by atoms with Crippen LogP contribution in [0.25, 0.3) is 12.2 Å². The molecule has 0 aliphatic carbocycles. The van der Waals surface area contributed by atoms with E-state index < -0.39 is 0 Å². The van der Waals surface area contributed by atoms with Crippen molar-refractivity contribution in [3.63, 3.8) is 0 Å². The standard InChI is InChI=1S/C22H19NO3/c1-26-22-14-20(23-19-5-3-2-4-6-19)12-11-17(22)9-7-16-8-10-18(15-24)21(25)13-16/h2-15,23,25H,1H3/b9-7+. The predicted molar refractivity (Wildman–Crippen MR) is 105 cm³/mol. The van der Waals surface area contributed by atoms with Gasteiger partial charge in [-0.05, 0) is 42.0 Å². The van der Waals surface area contributed by atoms with Crippen molar-refractivity contribution in [1.82, 2.24) is 0 Å². The lowest BCUT2D eigenvalue weighted by atomic mass is 10.1. The highest BCUT2D eigenvalue weighted by molar-refractivity contribution is 5.81. The highest BCUT2D eigenvalue weighted by Gasteiger charge is 2.04. The highest BCUT2D eigenvalue weighted by Crippen LogP contribution is 2.27. The van der Waals surface area contributed by atoms with Crippen molar-refractivity contribution in [1.29, 1.82) is 0 Å². The average molecular weight is 345 g/mol. The van der Waals surface area contributed by atoms with Crippen molar-refractivity contribution < 1.29 is 14.6 Å². The summed E-state index contributed by atoms with van der Waals surface area (Å²) in [6, 6.07) is 20.7. The van der Waals surface area contributed by atoms with Gasteiger partial charge in [-0.2, -0.15) is 0 Å². The smallest absolute Gasteiger partial charge is 0.153 e. The second kappa shape index (κ2) is 8.03. The molecule has 0 aliphatic heterocycles. The van der Waals surface area contributed by atoms with Gasteiger partial charge in [0.05, 0.1) is 12.7 Å². The van der Waals surface area contributed by atoms with E-state index in [-0.39, 0.29) is 11.3 Å². The molecule has 0 bridgehead atoms. The van der Waals surface area contributed by atoms with Gasteiger partial charge in [0.2, 0.25) is 0 Å². The van der Waals surface area contributed by atoms with Crippen molar-refractivity contribution >= 4 is 29.8 Å². The van der Waals surface area contributed by atoms with Gasteiger partial charge in [0.15, 0.2) is 6.29 Å². The molecule has 3 aromatic rings. The lowest BCUT2D eigenvalue weighted by molar-refractivity contribution is 0.112. The van der Waals surface area contributed by atoms with Crippen molar-refractivity contribution in [3.8, 4) is 11.5 Å². The molecule has 130 valence electrons. The lowest BCUT2D eigenvalue weighted by Crippen LogP contribution is -1.93. The molecule has 4 nitrogen and oxygen atoms in total. The highest BCUT2D eigenvalue weighted by atomic mass is 16.5. The molecule has 0 saturated heterocycles. The maximum atomic E-state index is 10.8. The van der Waals surface area contributed by atoms with Crippen LogP contribution in [0.4, 0.5) is 11.4 Å². The molecule has 2 N–H and O–H groups in total. The monoisotopic (exact) mass is 345 g/mol. The number of carbonyl (C=O) groups excluding carboxylic acids is 1. The number of phenols is 1. The first kappa shape index (κ1) is 17.3. The molecule has 4 heteroatoms. The van der Waals surface area contributed by atoms with Gasteiger partial charge in [-0.3, -0.25) is 4.79 Å². The number of hydrogen-bond acceptors (Lipinski definition) is 4. The molecule has 0 fully saturated rings. The summed E-state index contributed by atoms with van der Waals surface area (Å²) in [5.41, 5.74) is 3.91. The Morgan fingerprint density at radius 3 is 2.35 bits per heavy atom. The fraction of sp³-hybridized carbons (Fsp3) is 0.0455. The van der Waals surface area contributed by atoms with Gasteiger partial charge in [-0.15, -0.1) is 0 Å². The average Bonchev–Trinajstić information content (AvgIpc) is 2.67. The molecular weight excluding hydrogens is 326 g/mol. The van der Waals surface area contributed by atoms with Crippen LogP contribution in [0.15, 0.2) is 66.7 Å². The number of rotatable bonds is 6. The van der Waals surface area contributed by atoms with Gasteiger partial charge in [-0.1, -0.05) is 36.4 Å². The maximum absolute atomic E-state index is 10.8. The molecular formula is C22H19NO3. The number of hydrogen-bond donors (Lipinski definition) is 2. The molecule has 3 aromatic carbocycles. The number of benzene rings is 3. The summed E-state index contributed by atoms with van der Waals surface area (Å²) in [6.45, 7) is 0. The first-order chi connectivity index (χ1) is 12.7. The molecule has 26 heavy (non-hydrogen) atoms. The minimum Gasteiger partial charge on any atom is -0.507 e. The molecule has 0 radical (unpaired) electrons. The minimum atomic E-state index is -0.0310. The second-order valence-electron chi connectivity index (χ2n) is 5.72. The molecule has 0 heterocycles. The number of nitrogens with one attached hydrogen (secondary N) is 1. The summed E-state index contributed by atoms with van der Waals surface area (Å²) in [4.78, 5) is 10.8. The van der Waals surface area contributed by atoms with Crippen LogP contribution in [0.2, 0.25) is 0 Å². The number of anilines is 2. The normalized spacial score (nSPS) is 10.7. The van der Waals surface area contributed by atoms with E-state index in [4.69, 9.17) is 4.74 Å². The van der Waals surface area contributed by atoms with E-state index >= 15 is 0 Å². The van der Waals surface area contributed by atoms with Crippen molar-refractivity contribution in [2.45, 2.75) is 0 Å². The van der Waals surface area contributed by atoms with Crippen LogP contribution in [-0.4, -0.2) is 18.5 Å². The Labute approximate surface area is 152 Å². The van der Waals surface area contributed by atoms with E-state index in [9.17, 15) is 9.90 Å². The number of aldehydes is 1. The Hall–Kier alpha value is -3.53. The molecule has 0 aromatic heterocycles. The van der Waals surface area contributed by atoms with Crippen LogP contribution in [0.3, 0.4) is 0 Å². The maximum Gasteiger partial charge on any atom is 0.153 e. The van der Waals surface area contributed by atoms with Crippen LogP contribution in [-0.2, 0) is 0 Å². The Bertz CT molecular complexity index is 933. The number of ether oxygens (including phenoxy) is 1. The first-order valence-corrected chi connectivity index (χ1v) is 8.16. The largest absolute Gasteiger partial charge is 0.507 e. The van der Waals surface area contributed by atoms with Gasteiger partial charge in [-0.25, -0.2) is 0 Å². The van der Waals surface area contributed by atoms with Crippen molar-refractivity contribution in [2.24, 2.45) is 0 Å². The molecule has 3 rings (SSSR count). The Balaban J connectivity index is 1.81. The first-order valence-electron chi connectivity index (χ1n) is 8.16. The van der Waals surface area contributed by atoms with Gasteiger partial charge >= 0.3 is 0 Å². The van der Waals surface area contributed by atoms with E-state index in [2.05, 4.69) is 5.32 Å². The molecule has 0 amide bonds. The Morgan fingerprint density at radius 2 is 1.65 bits per heavy atom. The fourth-order valence-corrected chi connectivity index (χ4v) is 2.56. The van der Waals surface area contributed by atoms with Gasteiger partial charge < -0.3 is 15.2 Å². The summed E-state index contributed by atoms with van der Waals surface area (Å²) < 4.78 is 5.49. The van der Waals surface area contributed by atoms with Crippen LogP contribution < -0.4 is 10.1 Å². The molecule has 0 unspecified atom stereocenters. The number of methoxy groups -OCH3 is 1. The van der Waals surface area contributed by atoms with Gasteiger partial charge in [0, 0.05) is 23.0 Å². The van der Waals surface area contributed by atoms with Crippen LogP contribution in [0, 0.1) is 0 Å².